The fourth-order valence-electron chi connectivity index (χ4n) is 7.06. The maximum absolute atomic E-state index is 12.4. The molecular weight excluding hydrogens is 602 g/mol. The molecule has 0 aliphatic rings. The molecule has 0 aliphatic carbocycles. The molecule has 2 unspecified atom stereocenters. The van der Waals surface area contributed by atoms with Crippen LogP contribution in [0, 0.1) is 0 Å². The van der Waals surface area contributed by atoms with E-state index in [1.807, 2.05) is 6.08 Å². The number of rotatable bonds is 41. The Morgan fingerprint density at radius 1 is 0.469 bits per heavy atom. The van der Waals surface area contributed by atoms with Crippen LogP contribution in [0.2, 0.25) is 0 Å². The van der Waals surface area contributed by atoms with Crippen molar-refractivity contribution in [2.75, 3.05) is 6.61 Å². The third kappa shape index (κ3) is 38.2. The molecule has 3 N–H and O–H groups in total. The van der Waals surface area contributed by atoms with Gasteiger partial charge >= 0.3 is 0 Å². The minimum absolute atomic E-state index is 0.0604. The number of aliphatic hydroxyl groups is 2. The molecule has 0 aromatic carbocycles. The van der Waals surface area contributed by atoms with Crippen molar-refractivity contribution in [3.05, 3.63) is 12.2 Å². The van der Waals surface area contributed by atoms with Gasteiger partial charge in [0.2, 0.25) is 5.91 Å². The first-order chi connectivity index (χ1) is 24.2. The van der Waals surface area contributed by atoms with Gasteiger partial charge in [-0.25, -0.2) is 0 Å². The molecule has 0 rings (SSSR count). The van der Waals surface area contributed by atoms with Crippen molar-refractivity contribution in [1.29, 1.82) is 0 Å². The number of carbonyl (C=O) groups excluding carboxylic acids is 1. The van der Waals surface area contributed by atoms with E-state index >= 15 is 0 Å². The first kappa shape index (κ1) is 48.1. The van der Waals surface area contributed by atoms with Gasteiger partial charge in [0, 0.05) is 6.42 Å². The van der Waals surface area contributed by atoms with E-state index in [0.29, 0.717) is 6.42 Å². The van der Waals surface area contributed by atoms with E-state index < -0.39 is 12.1 Å². The molecule has 49 heavy (non-hydrogen) atoms. The molecule has 0 spiro atoms. The summed E-state index contributed by atoms with van der Waals surface area (Å²) >= 11 is 0. The van der Waals surface area contributed by atoms with E-state index in [-0.39, 0.29) is 12.5 Å². The van der Waals surface area contributed by atoms with Crippen LogP contribution in [0.3, 0.4) is 0 Å². The quantitative estimate of drug-likeness (QED) is 0.0441. The van der Waals surface area contributed by atoms with Crippen LogP contribution in [0.25, 0.3) is 0 Å². The smallest absolute Gasteiger partial charge is 0.220 e. The molecule has 0 fully saturated rings. The Hall–Kier alpha value is -0.870. The number of carbonyl (C=O) groups is 1. The number of aliphatic hydroxyl groups excluding tert-OH is 2. The highest BCUT2D eigenvalue weighted by molar-refractivity contribution is 5.76. The number of amides is 1. The van der Waals surface area contributed by atoms with Crippen molar-refractivity contribution in [3.63, 3.8) is 0 Å². The fourth-order valence-corrected chi connectivity index (χ4v) is 7.06. The van der Waals surface area contributed by atoms with E-state index in [2.05, 4.69) is 19.2 Å². The van der Waals surface area contributed by atoms with Crippen LogP contribution in [0.1, 0.15) is 251 Å². The molecule has 4 nitrogen and oxygen atoms in total. The predicted molar refractivity (Wildman–Crippen MR) is 216 cm³/mol. The number of allylic oxidation sites excluding steroid dienone is 1. The van der Waals surface area contributed by atoms with Gasteiger partial charge in [0.05, 0.1) is 18.8 Å². The van der Waals surface area contributed by atoms with E-state index in [1.165, 1.54) is 205 Å². The first-order valence-corrected chi connectivity index (χ1v) is 22.4. The topological polar surface area (TPSA) is 69.6 Å². The average Bonchev–Trinajstić information content (AvgIpc) is 3.10. The lowest BCUT2D eigenvalue weighted by Gasteiger charge is -2.20. The van der Waals surface area contributed by atoms with Crippen molar-refractivity contribution >= 4 is 5.91 Å². The van der Waals surface area contributed by atoms with Gasteiger partial charge in [-0.1, -0.05) is 238 Å². The van der Waals surface area contributed by atoms with Crippen molar-refractivity contribution in [2.24, 2.45) is 0 Å². The van der Waals surface area contributed by atoms with Crippen LogP contribution in [0.15, 0.2) is 12.2 Å². The molecule has 4 heteroatoms. The summed E-state index contributed by atoms with van der Waals surface area (Å²) in [5, 5.41) is 22.9. The Morgan fingerprint density at radius 3 is 1.06 bits per heavy atom. The van der Waals surface area contributed by atoms with Crippen LogP contribution in [-0.2, 0) is 4.79 Å². The standard InChI is InChI=1S/C45H89NO3/c1-3-5-7-9-11-13-15-16-17-18-19-20-21-22-23-24-25-26-27-28-29-31-33-35-37-39-41-45(49)46-43(42-47)44(48)40-38-36-34-32-30-14-12-10-8-6-4-2/h38,40,43-44,47-48H,3-37,39,41-42H2,1-2H3,(H,46,49)/b40-38+. The van der Waals surface area contributed by atoms with Gasteiger partial charge in [-0.15, -0.1) is 0 Å². The maximum Gasteiger partial charge on any atom is 0.220 e. The van der Waals surface area contributed by atoms with E-state index in [0.717, 1.165) is 25.7 Å². The van der Waals surface area contributed by atoms with Gasteiger partial charge in [0.25, 0.3) is 0 Å². The minimum atomic E-state index is -0.832. The lowest BCUT2D eigenvalue weighted by atomic mass is 10.0. The largest absolute Gasteiger partial charge is 0.394 e. The van der Waals surface area contributed by atoms with Crippen LogP contribution >= 0.6 is 0 Å². The molecule has 0 heterocycles. The number of hydrogen-bond acceptors (Lipinski definition) is 3. The predicted octanol–water partition coefficient (Wildman–Crippen LogP) is 13.9. The fraction of sp³-hybridized carbons (Fsp3) is 0.933. The molecule has 0 saturated heterocycles. The molecule has 0 aromatic heterocycles. The van der Waals surface area contributed by atoms with E-state index in [4.69, 9.17) is 0 Å². The summed E-state index contributed by atoms with van der Waals surface area (Å²) < 4.78 is 0. The lowest BCUT2D eigenvalue weighted by Crippen LogP contribution is -2.45. The number of hydrogen-bond donors (Lipinski definition) is 3. The highest BCUT2D eigenvalue weighted by atomic mass is 16.3. The first-order valence-electron chi connectivity index (χ1n) is 22.4. The second kappa shape index (κ2) is 41.5. The van der Waals surface area contributed by atoms with E-state index in [1.54, 1.807) is 6.08 Å². The zero-order chi connectivity index (χ0) is 35.7. The second-order valence-corrected chi connectivity index (χ2v) is 15.5. The normalized spacial score (nSPS) is 13.0. The summed E-state index contributed by atoms with van der Waals surface area (Å²) in [6.45, 7) is 4.31. The summed E-state index contributed by atoms with van der Waals surface area (Å²) in [6, 6.07) is -0.615. The van der Waals surface area contributed by atoms with Crippen molar-refractivity contribution < 1.29 is 15.0 Å². The minimum Gasteiger partial charge on any atom is -0.394 e. The Morgan fingerprint density at radius 2 is 0.755 bits per heavy atom. The van der Waals surface area contributed by atoms with Gasteiger partial charge in [0.1, 0.15) is 0 Å². The van der Waals surface area contributed by atoms with Crippen LogP contribution in [-0.4, -0.2) is 34.9 Å². The van der Waals surface area contributed by atoms with Crippen LogP contribution < -0.4 is 5.32 Å². The zero-order valence-corrected chi connectivity index (χ0v) is 33.5. The molecule has 1 amide bonds. The van der Waals surface area contributed by atoms with Crippen LogP contribution in [0.5, 0.6) is 0 Å². The van der Waals surface area contributed by atoms with Crippen molar-refractivity contribution in [1.82, 2.24) is 5.32 Å². The SMILES string of the molecule is CCCCCCCCCCC/C=C/C(O)C(CO)NC(=O)CCCCCCCCCCCCCCCCCCCCCCCCCCCC. The molecule has 2 atom stereocenters. The van der Waals surface area contributed by atoms with Crippen LogP contribution in [0.4, 0.5) is 0 Å². The Balaban J connectivity index is 3.43. The summed E-state index contributed by atoms with van der Waals surface area (Å²) in [6.07, 6.45) is 51.9. The molecule has 0 radical (unpaired) electrons. The Bertz CT molecular complexity index is 666. The second-order valence-electron chi connectivity index (χ2n) is 15.5. The summed E-state index contributed by atoms with van der Waals surface area (Å²) in [4.78, 5) is 12.4. The molecular formula is C45H89NO3. The summed E-state index contributed by atoms with van der Waals surface area (Å²) in [5.74, 6) is -0.0604. The molecule has 0 aromatic rings. The molecule has 0 saturated carbocycles. The van der Waals surface area contributed by atoms with Gasteiger partial charge in [-0.05, 0) is 19.3 Å². The number of unbranched alkanes of at least 4 members (excludes halogenated alkanes) is 34. The highest BCUT2D eigenvalue weighted by Gasteiger charge is 2.17. The Kier molecular flexibility index (Phi) is 40.8. The monoisotopic (exact) mass is 692 g/mol. The van der Waals surface area contributed by atoms with Crippen molar-refractivity contribution in [3.8, 4) is 0 Å². The van der Waals surface area contributed by atoms with Crippen molar-refractivity contribution in [2.45, 2.75) is 264 Å². The van der Waals surface area contributed by atoms with E-state index in [9.17, 15) is 15.0 Å². The Labute approximate surface area is 307 Å². The van der Waals surface area contributed by atoms with Gasteiger partial charge in [-0.3, -0.25) is 4.79 Å². The molecule has 0 bridgehead atoms. The van der Waals surface area contributed by atoms with Gasteiger partial charge in [-0.2, -0.15) is 0 Å². The summed E-state index contributed by atoms with van der Waals surface area (Å²) in [5.41, 5.74) is 0. The third-order valence-corrected chi connectivity index (χ3v) is 10.5. The third-order valence-electron chi connectivity index (χ3n) is 10.5. The summed E-state index contributed by atoms with van der Waals surface area (Å²) in [7, 11) is 0. The number of nitrogens with one attached hydrogen (secondary N) is 1. The highest BCUT2D eigenvalue weighted by Crippen LogP contribution is 2.16. The maximum atomic E-state index is 12.4. The van der Waals surface area contributed by atoms with Gasteiger partial charge < -0.3 is 15.5 Å². The molecule has 0 aliphatic heterocycles. The average molecular weight is 692 g/mol. The molecule has 292 valence electrons. The zero-order valence-electron chi connectivity index (χ0n) is 33.5. The lowest BCUT2D eigenvalue weighted by molar-refractivity contribution is -0.123. The van der Waals surface area contributed by atoms with Gasteiger partial charge in [0.15, 0.2) is 0 Å².